The molecule has 0 saturated carbocycles. The molecule has 3 nitrogen and oxygen atoms in total. The van der Waals surface area contributed by atoms with Gasteiger partial charge in [-0.3, -0.25) is 4.79 Å². The second-order valence-corrected chi connectivity index (χ2v) is 4.60. The van der Waals surface area contributed by atoms with Gasteiger partial charge >= 0.3 is 5.97 Å². The molecule has 1 aromatic rings. The first-order valence-electron chi connectivity index (χ1n) is 6.01. The van der Waals surface area contributed by atoms with Crippen molar-refractivity contribution in [2.75, 3.05) is 6.61 Å². The highest BCUT2D eigenvalue weighted by Crippen LogP contribution is 2.13. The van der Waals surface area contributed by atoms with E-state index in [4.69, 9.17) is 9.84 Å². The van der Waals surface area contributed by atoms with Crippen LogP contribution in [0.3, 0.4) is 0 Å². The third-order valence-corrected chi connectivity index (χ3v) is 2.47. The van der Waals surface area contributed by atoms with E-state index in [1.54, 1.807) is 12.1 Å². The molecule has 0 aromatic heterocycles. The quantitative estimate of drug-likeness (QED) is 0.740. The van der Waals surface area contributed by atoms with Gasteiger partial charge in [-0.1, -0.05) is 26.0 Å². The van der Waals surface area contributed by atoms with Crippen LogP contribution in [-0.4, -0.2) is 17.7 Å². The van der Waals surface area contributed by atoms with Crippen molar-refractivity contribution in [2.45, 2.75) is 33.1 Å². The lowest BCUT2D eigenvalue weighted by Gasteiger charge is -2.08. The summed E-state index contributed by atoms with van der Waals surface area (Å²) in [5.41, 5.74) is 0.798. The summed E-state index contributed by atoms with van der Waals surface area (Å²) in [6.45, 7) is 5.11. The molecule has 0 radical (unpaired) electrons. The Balaban J connectivity index is 2.32. The summed E-state index contributed by atoms with van der Waals surface area (Å²) in [7, 11) is 0. The van der Waals surface area contributed by atoms with Gasteiger partial charge in [0.2, 0.25) is 0 Å². The van der Waals surface area contributed by atoms with E-state index >= 15 is 0 Å². The largest absolute Gasteiger partial charge is 0.494 e. The third-order valence-electron chi connectivity index (χ3n) is 2.47. The lowest BCUT2D eigenvalue weighted by molar-refractivity contribution is -0.136. The number of aliphatic carboxylic acids is 1. The number of hydrogen-bond acceptors (Lipinski definition) is 2. The van der Waals surface area contributed by atoms with Crippen LogP contribution in [0.5, 0.6) is 5.75 Å². The van der Waals surface area contributed by atoms with Gasteiger partial charge in [0.15, 0.2) is 0 Å². The Bertz CT molecular complexity index is 341. The van der Waals surface area contributed by atoms with Crippen molar-refractivity contribution in [2.24, 2.45) is 5.92 Å². The Morgan fingerprint density at radius 1 is 1.29 bits per heavy atom. The Morgan fingerprint density at radius 2 is 1.94 bits per heavy atom. The predicted molar refractivity (Wildman–Crippen MR) is 67.3 cm³/mol. The van der Waals surface area contributed by atoms with Gasteiger partial charge in [-0.2, -0.15) is 0 Å². The Hall–Kier alpha value is -1.51. The Morgan fingerprint density at radius 3 is 2.47 bits per heavy atom. The van der Waals surface area contributed by atoms with Crippen LogP contribution >= 0.6 is 0 Å². The van der Waals surface area contributed by atoms with Gasteiger partial charge in [0.1, 0.15) is 5.75 Å². The van der Waals surface area contributed by atoms with Gasteiger partial charge in [0.25, 0.3) is 0 Å². The van der Waals surface area contributed by atoms with E-state index in [1.807, 2.05) is 12.1 Å². The number of carbonyl (C=O) groups is 1. The molecule has 0 fully saturated rings. The molecule has 94 valence electrons. The van der Waals surface area contributed by atoms with Crippen LogP contribution < -0.4 is 4.74 Å². The smallest absolute Gasteiger partial charge is 0.307 e. The zero-order valence-electron chi connectivity index (χ0n) is 10.5. The topological polar surface area (TPSA) is 46.5 Å². The first kappa shape index (κ1) is 13.6. The maximum absolute atomic E-state index is 10.5. The second kappa shape index (κ2) is 6.94. The molecule has 0 saturated heterocycles. The van der Waals surface area contributed by atoms with Crippen molar-refractivity contribution in [3.05, 3.63) is 29.8 Å². The van der Waals surface area contributed by atoms with E-state index < -0.39 is 5.97 Å². The standard InChI is InChI=1S/C14H20O3/c1-11(2)4-3-9-17-13-7-5-12(6-8-13)10-14(15)16/h5-8,11H,3-4,9-10H2,1-2H3,(H,15,16). The van der Waals surface area contributed by atoms with Gasteiger partial charge in [-0.15, -0.1) is 0 Å². The van der Waals surface area contributed by atoms with Crippen LogP contribution in [0.25, 0.3) is 0 Å². The molecule has 1 aromatic carbocycles. The van der Waals surface area contributed by atoms with E-state index in [1.165, 1.54) is 0 Å². The summed E-state index contributed by atoms with van der Waals surface area (Å²) in [6.07, 6.45) is 2.28. The van der Waals surface area contributed by atoms with E-state index in [0.717, 1.165) is 30.8 Å². The first-order chi connectivity index (χ1) is 8.08. The third kappa shape index (κ3) is 5.95. The summed E-state index contributed by atoms with van der Waals surface area (Å²) < 4.78 is 5.57. The summed E-state index contributed by atoms with van der Waals surface area (Å²) >= 11 is 0. The van der Waals surface area contributed by atoms with E-state index in [9.17, 15) is 4.79 Å². The number of benzene rings is 1. The molecule has 17 heavy (non-hydrogen) atoms. The molecule has 0 amide bonds. The predicted octanol–water partition coefficient (Wildman–Crippen LogP) is 3.13. The van der Waals surface area contributed by atoms with Gasteiger partial charge in [-0.25, -0.2) is 0 Å². The fraction of sp³-hybridized carbons (Fsp3) is 0.500. The molecular weight excluding hydrogens is 216 g/mol. The van der Waals surface area contributed by atoms with Crippen LogP contribution in [0.1, 0.15) is 32.3 Å². The molecule has 0 spiro atoms. The summed E-state index contributed by atoms with van der Waals surface area (Å²) in [5.74, 6) is 0.704. The molecule has 0 atom stereocenters. The lowest BCUT2D eigenvalue weighted by atomic mass is 10.1. The molecule has 1 rings (SSSR count). The highest BCUT2D eigenvalue weighted by Gasteiger charge is 2.01. The molecule has 0 bridgehead atoms. The first-order valence-corrected chi connectivity index (χ1v) is 6.01. The van der Waals surface area contributed by atoms with Gasteiger partial charge < -0.3 is 9.84 Å². The fourth-order valence-corrected chi connectivity index (χ4v) is 1.56. The zero-order valence-corrected chi connectivity index (χ0v) is 10.5. The molecule has 0 aliphatic rings. The average Bonchev–Trinajstić information content (AvgIpc) is 2.25. The number of carboxylic acids is 1. The fourth-order valence-electron chi connectivity index (χ4n) is 1.56. The van der Waals surface area contributed by atoms with E-state index in [2.05, 4.69) is 13.8 Å². The molecular formula is C14H20O3. The maximum atomic E-state index is 10.5. The monoisotopic (exact) mass is 236 g/mol. The van der Waals surface area contributed by atoms with E-state index in [0.29, 0.717) is 5.92 Å². The number of carboxylic acid groups (broad SMARTS) is 1. The van der Waals surface area contributed by atoms with Crippen molar-refractivity contribution in [3.8, 4) is 5.75 Å². The normalized spacial score (nSPS) is 10.5. The minimum Gasteiger partial charge on any atom is -0.494 e. The number of rotatable bonds is 7. The Kier molecular flexibility index (Phi) is 5.53. The van der Waals surface area contributed by atoms with Crippen LogP contribution in [-0.2, 0) is 11.2 Å². The molecule has 0 aliphatic heterocycles. The summed E-state index contributed by atoms with van der Waals surface area (Å²) in [5, 5.41) is 8.63. The summed E-state index contributed by atoms with van der Waals surface area (Å²) in [4.78, 5) is 10.5. The zero-order chi connectivity index (χ0) is 12.7. The van der Waals surface area contributed by atoms with Crippen molar-refractivity contribution in [3.63, 3.8) is 0 Å². The molecule has 3 heteroatoms. The van der Waals surface area contributed by atoms with Crippen molar-refractivity contribution in [1.82, 2.24) is 0 Å². The highest BCUT2D eigenvalue weighted by atomic mass is 16.5. The molecule has 0 heterocycles. The molecule has 1 N–H and O–H groups in total. The number of hydrogen-bond donors (Lipinski definition) is 1. The van der Waals surface area contributed by atoms with Crippen LogP contribution in [0.4, 0.5) is 0 Å². The van der Waals surface area contributed by atoms with Crippen molar-refractivity contribution >= 4 is 5.97 Å². The highest BCUT2D eigenvalue weighted by molar-refractivity contribution is 5.70. The SMILES string of the molecule is CC(C)CCCOc1ccc(CC(=O)O)cc1. The minimum absolute atomic E-state index is 0.0631. The second-order valence-electron chi connectivity index (χ2n) is 4.60. The Labute approximate surface area is 102 Å². The molecule has 0 unspecified atom stereocenters. The van der Waals surface area contributed by atoms with Crippen LogP contribution in [0.15, 0.2) is 24.3 Å². The number of ether oxygens (including phenoxy) is 1. The molecule has 0 aliphatic carbocycles. The van der Waals surface area contributed by atoms with Gasteiger partial charge in [-0.05, 0) is 36.5 Å². The van der Waals surface area contributed by atoms with Crippen LogP contribution in [0, 0.1) is 5.92 Å². The maximum Gasteiger partial charge on any atom is 0.307 e. The van der Waals surface area contributed by atoms with E-state index in [-0.39, 0.29) is 6.42 Å². The van der Waals surface area contributed by atoms with Crippen molar-refractivity contribution in [1.29, 1.82) is 0 Å². The lowest BCUT2D eigenvalue weighted by Crippen LogP contribution is -2.01. The van der Waals surface area contributed by atoms with Crippen LogP contribution in [0.2, 0.25) is 0 Å². The van der Waals surface area contributed by atoms with Crippen molar-refractivity contribution < 1.29 is 14.6 Å². The average molecular weight is 236 g/mol. The van der Waals surface area contributed by atoms with Gasteiger partial charge in [0.05, 0.1) is 13.0 Å². The van der Waals surface area contributed by atoms with Gasteiger partial charge in [0, 0.05) is 0 Å². The minimum atomic E-state index is -0.810. The summed E-state index contributed by atoms with van der Waals surface area (Å²) in [6, 6.07) is 7.25.